The van der Waals surface area contributed by atoms with Crippen LogP contribution in [0.5, 0.6) is 11.5 Å². The molecule has 1 aliphatic carbocycles. The number of hydrogen-bond donors (Lipinski definition) is 2. The van der Waals surface area contributed by atoms with Crippen LogP contribution in [0.25, 0.3) is 0 Å². The van der Waals surface area contributed by atoms with Crippen LogP contribution >= 0.6 is 0 Å². The van der Waals surface area contributed by atoms with Crippen LogP contribution in [0.2, 0.25) is 0 Å². The molecule has 3 rings (SSSR count). The fraction of sp³-hybridized carbons (Fsp3) is 0.400. The van der Waals surface area contributed by atoms with Gasteiger partial charge < -0.3 is 19.8 Å². The molecular weight excluding hydrogens is 410 g/mol. The third-order valence-corrected chi connectivity index (χ3v) is 5.84. The molecule has 0 spiro atoms. The van der Waals surface area contributed by atoms with E-state index in [0.717, 1.165) is 51.4 Å². The first kappa shape index (κ1) is 23.5. The molecule has 0 heterocycles. The Balaban J connectivity index is 1.61. The molecule has 0 saturated heterocycles. The molecule has 0 saturated carbocycles. The fourth-order valence-corrected chi connectivity index (χ4v) is 3.98. The first-order valence-electron chi connectivity index (χ1n) is 11.1. The van der Waals surface area contributed by atoms with Gasteiger partial charge in [-0.25, -0.2) is 4.79 Å². The smallest absolute Gasteiger partial charge is 0.338 e. The lowest BCUT2D eigenvalue weighted by Crippen LogP contribution is -2.23. The molecule has 0 fully saturated rings. The molecule has 1 aliphatic rings. The Kier molecular flexibility index (Phi) is 7.64. The second-order valence-electron chi connectivity index (χ2n) is 7.85. The van der Waals surface area contributed by atoms with Gasteiger partial charge in [0.1, 0.15) is 11.5 Å². The number of phenols is 2. The molecule has 0 aromatic heterocycles. The van der Waals surface area contributed by atoms with Crippen LogP contribution in [0, 0.1) is 0 Å². The molecule has 0 unspecified atom stereocenters. The zero-order valence-corrected chi connectivity index (χ0v) is 18.5. The van der Waals surface area contributed by atoms with Crippen LogP contribution in [-0.2, 0) is 4.74 Å². The second-order valence-corrected chi connectivity index (χ2v) is 7.85. The van der Waals surface area contributed by atoms with E-state index >= 15 is 0 Å². The summed E-state index contributed by atoms with van der Waals surface area (Å²) in [6, 6.07) is 6.60. The Morgan fingerprint density at radius 2 is 1.56 bits per heavy atom. The Morgan fingerprint density at radius 3 is 2.28 bits per heavy atom. The summed E-state index contributed by atoms with van der Waals surface area (Å²) >= 11 is 0. The average molecular weight is 440 g/mol. The largest absolute Gasteiger partial charge is 0.507 e. The maximum Gasteiger partial charge on any atom is 0.338 e. The van der Waals surface area contributed by atoms with Gasteiger partial charge in [0.05, 0.1) is 23.3 Å². The number of unbranched alkanes of at least 4 members (excludes halogenated alkanes) is 3. The minimum Gasteiger partial charge on any atom is -0.507 e. The highest BCUT2D eigenvalue weighted by Crippen LogP contribution is 2.37. The highest BCUT2D eigenvalue weighted by atomic mass is 16.5. The number of fused-ring (bicyclic) bond motifs is 2. The van der Waals surface area contributed by atoms with E-state index in [1.165, 1.54) is 24.3 Å². The van der Waals surface area contributed by atoms with E-state index in [-0.39, 0.29) is 40.2 Å². The van der Waals surface area contributed by atoms with Gasteiger partial charge in [0.2, 0.25) is 5.78 Å². The zero-order valence-electron chi connectivity index (χ0n) is 18.5. The van der Waals surface area contributed by atoms with Gasteiger partial charge >= 0.3 is 5.97 Å². The summed E-state index contributed by atoms with van der Waals surface area (Å²) in [7, 11) is 0. The second kappa shape index (κ2) is 10.4. The van der Waals surface area contributed by atoms with Crippen molar-refractivity contribution in [3.05, 3.63) is 58.1 Å². The van der Waals surface area contributed by atoms with Crippen LogP contribution < -0.4 is 0 Å². The molecule has 2 aromatic rings. The number of esters is 1. The van der Waals surface area contributed by atoms with E-state index < -0.39 is 23.3 Å². The van der Waals surface area contributed by atoms with E-state index in [4.69, 9.17) is 4.74 Å². The Hall–Kier alpha value is -3.19. The lowest BCUT2D eigenvalue weighted by Gasteiger charge is -2.19. The molecule has 0 radical (unpaired) electrons. The molecule has 0 amide bonds. The standard InChI is InChI=1S/C25H29NO6/c1-3-26(4-2)12-7-5-6-8-13-32-25(31)16-14-18-22(20(28)15-16)24(30)21-17(23(18)29)10-9-11-19(21)27/h9-11,14-15,27-28H,3-8,12-13H2,1-2H3. The van der Waals surface area contributed by atoms with Gasteiger partial charge in [-0.1, -0.05) is 38.8 Å². The topological polar surface area (TPSA) is 104 Å². The summed E-state index contributed by atoms with van der Waals surface area (Å²) in [5.74, 6) is -2.67. The number of benzene rings is 2. The normalized spacial score (nSPS) is 12.6. The van der Waals surface area contributed by atoms with Gasteiger partial charge in [-0.05, 0) is 50.7 Å². The van der Waals surface area contributed by atoms with Crippen LogP contribution in [0.4, 0.5) is 0 Å². The predicted octanol–water partition coefficient (Wildman–Crippen LogP) is 3.93. The van der Waals surface area contributed by atoms with E-state index in [0.29, 0.717) is 0 Å². The molecule has 32 heavy (non-hydrogen) atoms. The highest BCUT2D eigenvalue weighted by Gasteiger charge is 2.35. The van der Waals surface area contributed by atoms with Gasteiger partial charge in [0, 0.05) is 11.1 Å². The first-order chi connectivity index (χ1) is 15.4. The van der Waals surface area contributed by atoms with Crippen LogP contribution in [0.15, 0.2) is 30.3 Å². The van der Waals surface area contributed by atoms with Gasteiger partial charge in [0.25, 0.3) is 0 Å². The van der Waals surface area contributed by atoms with Crippen molar-refractivity contribution in [3.8, 4) is 11.5 Å². The first-order valence-corrected chi connectivity index (χ1v) is 11.1. The number of ether oxygens (including phenoxy) is 1. The van der Waals surface area contributed by atoms with Crippen molar-refractivity contribution >= 4 is 17.5 Å². The van der Waals surface area contributed by atoms with Gasteiger partial charge in [-0.15, -0.1) is 0 Å². The lowest BCUT2D eigenvalue weighted by molar-refractivity contribution is 0.0496. The Bertz CT molecular complexity index is 1030. The van der Waals surface area contributed by atoms with Crippen molar-refractivity contribution in [3.63, 3.8) is 0 Å². The van der Waals surface area contributed by atoms with Gasteiger partial charge in [-0.3, -0.25) is 9.59 Å². The number of hydrogen-bond acceptors (Lipinski definition) is 7. The summed E-state index contributed by atoms with van der Waals surface area (Å²) < 4.78 is 5.30. The maximum absolute atomic E-state index is 12.9. The van der Waals surface area contributed by atoms with E-state index in [2.05, 4.69) is 18.7 Å². The Labute approximate surface area is 187 Å². The molecule has 0 bridgehead atoms. The molecule has 7 nitrogen and oxygen atoms in total. The third-order valence-electron chi connectivity index (χ3n) is 5.84. The summed E-state index contributed by atoms with van der Waals surface area (Å²) in [6.45, 7) is 7.69. The van der Waals surface area contributed by atoms with Crippen molar-refractivity contribution in [2.75, 3.05) is 26.2 Å². The predicted molar refractivity (Wildman–Crippen MR) is 120 cm³/mol. The number of phenolic OH excluding ortho intramolecular Hbond substituents is 2. The number of aromatic hydroxyl groups is 2. The molecule has 2 N–H and O–H groups in total. The number of rotatable bonds is 10. The number of nitrogens with zero attached hydrogens (tertiary/aromatic N) is 1. The van der Waals surface area contributed by atoms with Crippen molar-refractivity contribution in [1.29, 1.82) is 0 Å². The minimum absolute atomic E-state index is 0.00698. The molecule has 0 aliphatic heterocycles. The molecule has 170 valence electrons. The third kappa shape index (κ3) is 4.83. The minimum atomic E-state index is -0.659. The molecule has 2 aromatic carbocycles. The summed E-state index contributed by atoms with van der Waals surface area (Å²) in [6.07, 6.45) is 3.82. The maximum atomic E-state index is 12.9. The highest BCUT2D eigenvalue weighted by molar-refractivity contribution is 6.30. The van der Waals surface area contributed by atoms with Crippen molar-refractivity contribution in [2.24, 2.45) is 0 Å². The van der Waals surface area contributed by atoms with Crippen molar-refractivity contribution in [1.82, 2.24) is 4.90 Å². The van der Waals surface area contributed by atoms with Gasteiger partial charge in [-0.2, -0.15) is 0 Å². The molecule has 0 atom stereocenters. The monoisotopic (exact) mass is 439 g/mol. The lowest BCUT2D eigenvalue weighted by atomic mass is 9.82. The van der Waals surface area contributed by atoms with E-state index in [9.17, 15) is 24.6 Å². The van der Waals surface area contributed by atoms with Crippen LogP contribution in [0.1, 0.15) is 81.7 Å². The average Bonchev–Trinajstić information content (AvgIpc) is 2.78. The van der Waals surface area contributed by atoms with E-state index in [1.807, 2.05) is 0 Å². The van der Waals surface area contributed by atoms with Crippen LogP contribution in [0.3, 0.4) is 0 Å². The SMILES string of the molecule is CCN(CC)CCCCCCOC(=O)c1cc(O)c2c(c1)C(=O)c1cccc(O)c1C2=O. The summed E-state index contributed by atoms with van der Waals surface area (Å²) in [4.78, 5) is 40.4. The summed E-state index contributed by atoms with van der Waals surface area (Å²) in [5, 5.41) is 20.4. The quantitative estimate of drug-likeness (QED) is 0.364. The van der Waals surface area contributed by atoms with E-state index in [1.54, 1.807) is 0 Å². The number of ketones is 2. The molecular formula is C25H29NO6. The van der Waals surface area contributed by atoms with Crippen LogP contribution in [-0.4, -0.2) is 58.9 Å². The fourth-order valence-electron chi connectivity index (χ4n) is 3.98. The Morgan fingerprint density at radius 1 is 0.875 bits per heavy atom. The zero-order chi connectivity index (χ0) is 23.3. The summed E-state index contributed by atoms with van der Waals surface area (Å²) in [5.41, 5.74) is -0.383. The van der Waals surface area contributed by atoms with Crippen molar-refractivity contribution in [2.45, 2.75) is 39.5 Å². The van der Waals surface area contributed by atoms with Gasteiger partial charge in [0.15, 0.2) is 5.78 Å². The molecule has 7 heteroatoms. The van der Waals surface area contributed by atoms with Crippen molar-refractivity contribution < 1.29 is 29.3 Å². The number of carbonyl (C=O) groups is 3. The number of carbonyl (C=O) groups excluding carboxylic acids is 3.